The fraction of sp³-hybridized carbons (Fsp3) is 0.391. The van der Waals surface area contributed by atoms with Crippen LogP contribution >= 0.6 is 11.6 Å². The zero-order valence-corrected chi connectivity index (χ0v) is 17.5. The lowest BCUT2D eigenvalue weighted by Crippen LogP contribution is -2.78. The predicted octanol–water partition coefficient (Wildman–Crippen LogP) is 3.56. The average molecular weight is 431 g/mol. The molecule has 3 saturated carbocycles. The van der Waals surface area contributed by atoms with Gasteiger partial charge in [-0.25, -0.2) is 4.39 Å². The molecule has 2 aromatic carbocycles. The van der Waals surface area contributed by atoms with E-state index in [2.05, 4.69) is 34.9 Å². The van der Waals surface area contributed by atoms with Gasteiger partial charge in [0.2, 0.25) is 5.91 Å². The standard InChI is InChI=1S/C23H24ClFN2O3/c1-15-2-4-16(5-3-15)8-9-26-21(29)22-12-23(13-22,14-22)27-20(28)11-30-17-6-7-18(24)19(25)10-17/h2-7,10H,8-9,11-14H2,1H3,(H,26,29)(H,27,28). The largest absolute Gasteiger partial charge is 0.484 e. The molecule has 30 heavy (non-hydrogen) atoms. The third-order valence-corrected chi connectivity index (χ3v) is 6.30. The molecule has 0 saturated heterocycles. The highest BCUT2D eigenvalue weighted by Crippen LogP contribution is 2.67. The number of nitrogens with one attached hydrogen (secondary N) is 2. The van der Waals surface area contributed by atoms with E-state index in [9.17, 15) is 14.0 Å². The van der Waals surface area contributed by atoms with Crippen LogP contribution in [0, 0.1) is 18.2 Å². The number of hydrogen-bond acceptors (Lipinski definition) is 3. The maximum Gasteiger partial charge on any atom is 0.258 e. The van der Waals surface area contributed by atoms with Crippen molar-refractivity contribution >= 4 is 23.4 Å². The Bertz CT molecular complexity index is 957. The Morgan fingerprint density at radius 1 is 1.13 bits per heavy atom. The van der Waals surface area contributed by atoms with Gasteiger partial charge < -0.3 is 15.4 Å². The number of halogens is 2. The first kappa shape index (κ1) is 20.7. The van der Waals surface area contributed by atoms with E-state index in [1.807, 2.05) is 6.92 Å². The molecule has 0 radical (unpaired) electrons. The van der Waals surface area contributed by atoms with Crippen molar-refractivity contribution in [3.8, 4) is 5.75 Å². The average Bonchev–Trinajstić information content (AvgIpc) is 2.66. The van der Waals surface area contributed by atoms with Gasteiger partial charge in [0.1, 0.15) is 11.6 Å². The first-order chi connectivity index (χ1) is 14.3. The SMILES string of the molecule is Cc1ccc(CCNC(=O)C23CC(NC(=O)COc4ccc(Cl)c(F)c4)(C2)C3)cc1. The fourth-order valence-corrected chi connectivity index (χ4v) is 4.59. The predicted molar refractivity (Wildman–Crippen MR) is 112 cm³/mol. The van der Waals surface area contributed by atoms with Crippen molar-refractivity contribution in [2.75, 3.05) is 13.2 Å². The summed E-state index contributed by atoms with van der Waals surface area (Å²) in [6.07, 6.45) is 2.75. The molecule has 3 aliphatic carbocycles. The Balaban J connectivity index is 1.17. The lowest BCUT2D eigenvalue weighted by atomic mass is 9.39. The van der Waals surface area contributed by atoms with Crippen LogP contribution in [-0.4, -0.2) is 30.5 Å². The topological polar surface area (TPSA) is 67.4 Å². The number of carbonyl (C=O) groups excluding carboxylic acids is 2. The molecule has 158 valence electrons. The smallest absolute Gasteiger partial charge is 0.258 e. The number of hydrogen-bond donors (Lipinski definition) is 2. The highest BCUT2D eigenvalue weighted by Gasteiger charge is 2.72. The number of carbonyl (C=O) groups is 2. The number of aryl methyl sites for hydroxylation is 1. The first-order valence-electron chi connectivity index (χ1n) is 10.0. The summed E-state index contributed by atoms with van der Waals surface area (Å²) in [5, 5.41) is 5.99. The Hall–Kier alpha value is -2.60. The second-order valence-electron chi connectivity index (χ2n) is 8.50. The molecule has 2 amide bonds. The minimum atomic E-state index is -0.593. The third kappa shape index (κ3) is 4.15. The minimum absolute atomic E-state index is 0.00288. The lowest BCUT2D eigenvalue weighted by molar-refractivity contribution is -0.183. The van der Waals surface area contributed by atoms with Crippen LogP contribution in [0.25, 0.3) is 0 Å². The zero-order chi connectivity index (χ0) is 21.4. The molecule has 2 N–H and O–H groups in total. The molecule has 2 bridgehead atoms. The highest BCUT2D eigenvalue weighted by molar-refractivity contribution is 6.30. The van der Waals surface area contributed by atoms with E-state index in [1.165, 1.54) is 23.3 Å². The van der Waals surface area contributed by atoms with Gasteiger partial charge in [-0.1, -0.05) is 41.4 Å². The summed E-state index contributed by atoms with van der Waals surface area (Å²) in [4.78, 5) is 24.7. The number of amides is 2. The van der Waals surface area contributed by atoms with Gasteiger partial charge in [-0.15, -0.1) is 0 Å². The second kappa shape index (κ2) is 7.91. The van der Waals surface area contributed by atoms with Crippen molar-refractivity contribution in [3.63, 3.8) is 0 Å². The first-order valence-corrected chi connectivity index (χ1v) is 10.4. The molecule has 0 heterocycles. The molecule has 3 fully saturated rings. The van der Waals surface area contributed by atoms with Crippen LogP contribution in [-0.2, 0) is 16.0 Å². The van der Waals surface area contributed by atoms with Crippen LogP contribution < -0.4 is 15.4 Å². The quantitative estimate of drug-likeness (QED) is 0.672. The zero-order valence-electron chi connectivity index (χ0n) is 16.8. The van der Waals surface area contributed by atoms with Crippen molar-refractivity contribution in [2.45, 2.75) is 38.1 Å². The number of benzene rings is 2. The van der Waals surface area contributed by atoms with Crippen molar-refractivity contribution in [2.24, 2.45) is 5.41 Å². The van der Waals surface area contributed by atoms with Crippen molar-refractivity contribution in [1.82, 2.24) is 10.6 Å². The molecule has 0 aliphatic heterocycles. The van der Waals surface area contributed by atoms with E-state index in [-0.39, 0.29) is 40.1 Å². The molecule has 3 aliphatic rings. The van der Waals surface area contributed by atoms with E-state index in [0.717, 1.165) is 12.5 Å². The van der Waals surface area contributed by atoms with Gasteiger partial charge in [0.15, 0.2) is 6.61 Å². The van der Waals surface area contributed by atoms with E-state index in [1.54, 1.807) is 0 Å². The van der Waals surface area contributed by atoms with Gasteiger partial charge in [0.05, 0.1) is 10.4 Å². The van der Waals surface area contributed by atoms with Crippen LogP contribution in [0.3, 0.4) is 0 Å². The molecule has 0 unspecified atom stereocenters. The number of rotatable bonds is 8. The van der Waals surface area contributed by atoms with Gasteiger partial charge in [0.25, 0.3) is 5.91 Å². The van der Waals surface area contributed by atoms with E-state index in [4.69, 9.17) is 16.3 Å². The summed E-state index contributed by atoms with van der Waals surface area (Å²) in [5.41, 5.74) is 1.76. The van der Waals surface area contributed by atoms with Gasteiger partial charge in [-0.3, -0.25) is 9.59 Å². The van der Waals surface area contributed by atoms with Crippen LogP contribution in [0.4, 0.5) is 4.39 Å². The normalized spacial score (nSPS) is 23.7. The molecule has 0 aromatic heterocycles. The Morgan fingerprint density at radius 2 is 1.83 bits per heavy atom. The monoisotopic (exact) mass is 430 g/mol. The van der Waals surface area contributed by atoms with Crippen LogP contribution in [0.2, 0.25) is 5.02 Å². The summed E-state index contributed by atoms with van der Waals surface area (Å²) in [6.45, 7) is 2.44. The maximum absolute atomic E-state index is 13.4. The Kier molecular flexibility index (Phi) is 5.45. The Labute approximate surface area is 179 Å². The van der Waals surface area contributed by atoms with Crippen molar-refractivity contribution < 1.29 is 18.7 Å². The summed E-state index contributed by atoms with van der Waals surface area (Å²) in [7, 11) is 0. The number of ether oxygens (including phenoxy) is 1. The van der Waals surface area contributed by atoms with Crippen LogP contribution in [0.15, 0.2) is 42.5 Å². The minimum Gasteiger partial charge on any atom is -0.484 e. The van der Waals surface area contributed by atoms with E-state index < -0.39 is 5.82 Å². The lowest BCUT2D eigenvalue weighted by Gasteiger charge is -2.69. The highest BCUT2D eigenvalue weighted by atomic mass is 35.5. The molecule has 0 spiro atoms. The van der Waals surface area contributed by atoms with Crippen molar-refractivity contribution in [3.05, 3.63) is 64.4 Å². The molecular weight excluding hydrogens is 407 g/mol. The van der Waals surface area contributed by atoms with Gasteiger partial charge in [-0.2, -0.15) is 0 Å². The van der Waals surface area contributed by atoms with Crippen LogP contribution in [0.1, 0.15) is 30.4 Å². The summed E-state index contributed by atoms with van der Waals surface area (Å²) in [5.74, 6) is -0.560. The molecule has 0 atom stereocenters. The molecule has 7 heteroatoms. The molecule has 5 rings (SSSR count). The fourth-order valence-electron chi connectivity index (χ4n) is 4.47. The van der Waals surface area contributed by atoms with Crippen LogP contribution in [0.5, 0.6) is 5.75 Å². The summed E-state index contributed by atoms with van der Waals surface area (Å²) in [6, 6.07) is 12.3. The second-order valence-corrected chi connectivity index (χ2v) is 8.90. The Morgan fingerprint density at radius 3 is 2.50 bits per heavy atom. The summed E-state index contributed by atoms with van der Waals surface area (Å²) >= 11 is 5.63. The van der Waals surface area contributed by atoms with E-state index >= 15 is 0 Å². The van der Waals surface area contributed by atoms with Gasteiger partial charge in [0, 0.05) is 18.2 Å². The summed E-state index contributed by atoms with van der Waals surface area (Å²) < 4.78 is 18.7. The maximum atomic E-state index is 13.4. The molecule has 2 aromatic rings. The molecular formula is C23H24ClFN2O3. The van der Waals surface area contributed by atoms with Gasteiger partial charge in [-0.05, 0) is 50.3 Å². The van der Waals surface area contributed by atoms with Crippen molar-refractivity contribution in [1.29, 1.82) is 0 Å². The molecule has 5 nitrogen and oxygen atoms in total. The van der Waals surface area contributed by atoms with Gasteiger partial charge >= 0.3 is 0 Å². The third-order valence-electron chi connectivity index (χ3n) is 6.00. The van der Waals surface area contributed by atoms with E-state index in [0.29, 0.717) is 25.8 Å².